The molecule has 14 rings (SSSR count). The number of fused-ring (bicyclic) bond motifs is 12. The lowest BCUT2D eigenvalue weighted by atomic mass is 9.92. The van der Waals surface area contributed by atoms with E-state index in [1.54, 1.807) is 0 Å². The Morgan fingerprint density at radius 1 is 0.217 bits per heavy atom. The van der Waals surface area contributed by atoms with E-state index in [9.17, 15) is 0 Å². The summed E-state index contributed by atoms with van der Waals surface area (Å²) < 4.78 is 12.6. The second-order valence-corrected chi connectivity index (χ2v) is 18.0. The molecule has 0 fully saturated rings. The summed E-state index contributed by atoms with van der Waals surface area (Å²) in [6.45, 7) is 0. The van der Waals surface area contributed by atoms with Crippen molar-refractivity contribution in [3.05, 3.63) is 249 Å². The van der Waals surface area contributed by atoms with Crippen molar-refractivity contribution in [1.29, 1.82) is 0 Å². The Hall–Kier alpha value is -9.18. The van der Waals surface area contributed by atoms with Gasteiger partial charge in [-0.25, -0.2) is 0 Å². The van der Waals surface area contributed by atoms with Gasteiger partial charge < -0.3 is 13.7 Å². The van der Waals surface area contributed by atoms with Gasteiger partial charge in [0.1, 0.15) is 22.3 Å². The maximum Gasteiger partial charge on any atom is 0.143 e. The molecule has 0 radical (unpaired) electrons. The molecule has 0 N–H and O–H groups in total. The number of nitrogens with zero attached hydrogens (tertiary/aromatic N) is 1. The SMILES string of the molecule is c1ccc2c(c1)oc1ccc(-c3ccc(N(c4ccc(-c5ccc(-c6ccc7c8ccccc8c8ccccc8c7c6)cc5)cc4)c4ccc(-c5cccc6c5oc5ccccc56)cc4)cc3)cc12. The highest BCUT2D eigenvalue weighted by molar-refractivity contribution is 6.25. The Balaban J connectivity index is 0.808. The van der Waals surface area contributed by atoms with Crippen molar-refractivity contribution in [2.45, 2.75) is 0 Å². The fourth-order valence-electron chi connectivity index (χ4n) is 10.7. The van der Waals surface area contributed by atoms with E-state index in [1.807, 2.05) is 24.3 Å². The van der Waals surface area contributed by atoms with Crippen LogP contribution in [0.25, 0.3) is 121 Å². The Morgan fingerprint density at radius 3 is 1.14 bits per heavy atom. The van der Waals surface area contributed by atoms with Crippen molar-refractivity contribution < 1.29 is 8.83 Å². The van der Waals surface area contributed by atoms with E-state index in [-0.39, 0.29) is 0 Å². The number of hydrogen-bond donors (Lipinski definition) is 0. The van der Waals surface area contributed by atoms with Gasteiger partial charge >= 0.3 is 0 Å². The van der Waals surface area contributed by atoms with Gasteiger partial charge in [0.25, 0.3) is 0 Å². The van der Waals surface area contributed by atoms with Crippen LogP contribution in [0.3, 0.4) is 0 Å². The van der Waals surface area contributed by atoms with Crippen molar-refractivity contribution >= 4 is 93.3 Å². The highest BCUT2D eigenvalue weighted by atomic mass is 16.3. The van der Waals surface area contributed by atoms with Crippen LogP contribution in [0, 0.1) is 0 Å². The summed E-state index contributed by atoms with van der Waals surface area (Å²) in [5.41, 5.74) is 16.0. The molecule has 3 heteroatoms. The summed E-state index contributed by atoms with van der Waals surface area (Å²) in [5, 5.41) is 12.2. The van der Waals surface area contributed by atoms with Crippen LogP contribution in [0.15, 0.2) is 258 Å². The van der Waals surface area contributed by atoms with Gasteiger partial charge in [0.05, 0.1) is 0 Å². The first kappa shape index (κ1) is 39.0. The van der Waals surface area contributed by atoms with Crippen LogP contribution in [-0.2, 0) is 0 Å². The standard InChI is InChI=1S/C66H41NO2/c1-2-12-55-53(10-1)54-11-3-4-13-56(54)61-40-47(30-38-57(55)61)44-22-20-42(21-23-44)43-24-32-49(33-25-43)67(50-34-26-45(27-35-50)48-31-39-65-62(41-48)59-15-6-7-18-63(59)68-65)51-36-28-46(29-37-51)52-16-9-17-60-58-14-5-8-19-64(58)69-66(52)60/h1-41H. The van der Waals surface area contributed by atoms with Crippen LogP contribution < -0.4 is 4.90 Å². The normalized spacial score (nSPS) is 11.8. The number of hydrogen-bond acceptors (Lipinski definition) is 3. The minimum Gasteiger partial charge on any atom is -0.456 e. The molecule has 0 saturated heterocycles. The van der Waals surface area contributed by atoms with Crippen molar-refractivity contribution in [3.63, 3.8) is 0 Å². The number of anilines is 3. The average molecular weight is 880 g/mol. The summed E-state index contributed by atoms with van der Waals surface area (Å²) in [5.74, 6) is 0. The van der Waals surface area contributed by atoms with E-state index in [2.05, 4.69) is 229 Å². The lowest BCUT2D eigenvalue weighted by Crippen LogP contribution is -2.09. The number of furan rings is 2. The van der Waals surface area contributed by atoms with Crippen LogP contribution in [0.2, 0.25) is 0 Å². The third-order valence-electron chi connectivity index (χ3n) is 14.1. The van der Waals surface area contributed by atoms with Crippen LogP contribution in [0.5, 0.6) is 0 Å². The zero-order valence-electron chi connectivity index (χ0n) is 37.4. The molecule has 2 aromatic heterocycles. The third-order valence-corrected chi connectivity index (χ3v) is 14.1. The lowest BCUT2D eigenvalue weighted by molar-refractivity contribution is 0.669. The van der Waals surface area contributed by atoms with E-state index >= 15 is 0 Å². The fourth-order valence-corrected chi connectivity index (χ4v) is 10.7. The maximum atomic E-state index is 6.45. The Labute approximate surface area is 398 Å². The van der Waals surface area contributed by atoms with Crippen molar-refractivity contribution in [2.24, 2.45) is 0 Å². The summed E-state index contributed by atoms with van der Waals surface area (Å²) in [6, 6.07) is 89.5. The first-order chi connectivity index (χ1) is 34.2. The molecule has 14 aromatic rings. The molecule has 0 amide bonds. The molecule has 2 heterocycles. The van der Waals surface area contributed by atoms with E-state index in [0.29, 0.717) is 0 Å². The number of para-hydroxylation sites is 3. The molecule has 0 spiro atoms. The first-order valence-corrected chi connectivity index (χ1v) is 23.6. The average Bonchev–Trinajstić information content (AvgIpc) is 4.00. The van der Waals surface area contributed by atoms with Crippen molar-refractivity contribution in [1.82, 2.24) is 0 Å². The smallest absolute Gasteiger partial charge is 0.143 e. The quantitative estimate of drug-likeness (QED) is 0.149. The molecule has 0 aliphatic heterocycles. The molecule has 12 aromatic carbocycles. The largest absolute Gasteiger partial charge is 0.456 e. The zero-order chi connectivity index (χ0) is 45.4. The van der Waals surface area contributed by atoms with Gasteiger partial charge in [-0.05, 0) is 138 Å². The Kier molecular flexibility index (Phi) is 8.90. The van der Waals surface area contributed by atoms with E-state index < -0.39 is 0 Å². The predicted molar refractivity (Wildman–Crippen MR) is 290 cm³/mol. The second kappa shape index (κ2) is 15.7. The van der Waals surface area contributed by atoms with E-state index in [4.69, 9.17) is 8.83 Å². The summed E-state index contributed by atoms with van der Waals surface area (Å²) in [7, 11) is 0. The number of rotatable bonds is 7. The molecule has 0 atom stereocenters. The molecular weight excluding hydrogens is 839 g/mol. The van der Waals surface area contributed by atoms with E-state index in [1.165, 1.54) is 49.0 Å². The minimum absolute atomic E-state index is 0.898. The van der Waals surface area contributed by atoms with Crippen molar-refractivity contribution in [3.8, 4) is 44.5 Å². The molecule has 322 valence electrons. The van der Waals surface area contributed by atoms with Crippen LogP contribution in [0.1, 0.15) is 0 Å². The Morgan fingerprint density at radius 2 is 0.580 bits per heavy atom. The van der Waals surface area contributed by atoms with Crippen LogP contribution in [0.4, 0.5) is 17.1 Å². The molecular formula is C66H41NO2. The minimum atomic E-state index is 0.898. The predicted octanol–water partition coefficient (Wildman–Crippen LogP) is 19.1. The topological polar surface area (TPSA) is 29.5 Å². The molecule has 69 heavy (non-hydrogen) atoms. The molecule has 0 aliphatic carbocycles. The summed E-state index contributed by atoms with van der Waals surface area (Å²) >= 11 is 0. The van der Waals surface area contributed by atoms with Gasteiger partial charge in [-0.2, -0.15) is 0 Å². The highest BCUT2D eigenvalue weighted by Gasteiger charge is 2.17. The monoisotopic (exact) mass is 879 g/mol. The molecule has 0 saturated carbocycles. The Bertz CT molecular complexity index is 4240. The van der Waals surface area contributed by atoms with Gasteiger partial charge in [-0.1, -0.05) is 182 Å². The number of benzene rings is 12. The third kappa shape index (κ3) is 6.51. The van der Waals surface area contributed by atoms with Gasteiger partial charge in [-0.15, -0.1) is 0 Å². The molecule has 0 unspecified atom stereocenters. The fraction of sp³-hybridized carbons (Fsp3) is 0. The molecule has 0 aliphatic rings. The molecule has 0 bridgehead atoms. The van der Waals surface area contributed by atoms with Crippen molar-refractivity contribution in [2.75, 3.05) is 4.90 Å². The van der Waals surface area contributed by atoms with E-state index in [0.717, 1.165) is 88.8 Å². The van der Waals surface area contributed by atoms with Gasteiger partial charge in [0.15, 0.2) is 0 Å². The van der Waals surface area contributed by atoms with Gasteiger partial charge in [0.2, 0.25) is 0 Å². The molecule has 3 nitrogen and oxygen atoms in total. The maximum absolute atomic E-state index is 6.45. The second-order valence-electron chi connectivity index (χ2n) is 18.0. The highest BCUT2D eigenvalue weighted by Crippen LogP contribution is 2.42. The van der Waals surface area contributed by atoms with Gasteiger partial charge in [0, 0.05) is 44.2 Å². The van der Waals surface area contributed by atoms with Crippen LogP contribution in [-0.4, -0.2) is 0 Å². The summed E-state index contributed by atoms with van der Waals surface area (Å²) in [6.07, 6.45) is 0. The lowest BCUT2D eigenvalue weighted by Gasteiger charge is -2.26. The van der Waals surface area contributed by atoms with Crippen LogP contribution >= 0.6 is 0 Å². The van der Waals surface area contributed by atoms with Gasteiger partial charge in [-0.3, -0.25) is 0 Å². The summed E-state index contributed by atoms with van der Waals surface area (Å²) in [4.78, 5) is 2.33. The zero-order valence-corrected chi connectivity index (χ0v) is 37.4. The first-order valence-electron chi connectivity index (χ1n) is 23.6.